The van der Waals surface area contributed by atoms with Gasteiger partial charge < -0.3 is 15.4 Å². The average molecular weight is 325 g/mol. The van der Waals surface area contributed by atoms with Crippen LogP contribution in [-0.4, -0.2) is 54.4 Å². The number of ether oxygens (including phenoxy) is 1. The number of rotatable bonds is 4. The predicted molar refractivity (Wildman–Crippen MR) is 93.6 cm³/mol. The van der Waals surface area contributed by atoms with Gasteiger partial charge in [-0.05, 0) is 46.5 Å². The third kappa shape index (κ3) is 5.64. The van der Waals surface area contributed by atoms with Crippen LogP contribution < -0.4 is 10.6 Å². The third-order valence-electron chi connectivity index (χ3n) is 5.23. The molecule has 4 unspecified atom stereocenters. The van der Waals surface area contributed by atoms with E-state index in [1.165, 1.54) is 12.8 Å². The Hall–Kier alpha value is -0.810. The molecule has 0 bridgehead atoms. The minimum Gasteiger partial charge on any atom is -0.373 e. The summed E-state index contributed by atoms with van der Waals surface area (Å²) in [7, 11) is 0. The summed E-state index contributed by atoms with van der Waals surface area (Å²) in [5.41, 5.74) is -0.0660. The van der Waals surface area contributed by atoms with Gasteiger partial charge in [0, 0.05) is 31.2 Å². The molecular formula is C18H35N3O2. The Bertz CT molecular complexity index is 390. The van der Waals surface area contributed by atoms with Crippen molar-refractivity contribution in [1.82, 2.24) is 15.5 Å². The number of nitrogens with zero attached hydrogens (tertiary/aromatic N) is 1. The molecule has 0 aromatic heterocycles. The Morgan fingerprint density at radius 3 is 2.43 bits per heavy atom. The zero-order valence-electron chi connectivity index (χ0n) is 15.5. The van der Waals surface area contributed by atoms with Crippen molar-refractivity contribution in [3.05, 3.63) is 0 Å². The third-order valence-corrected chi connectivity index (χ3v) is 5.23. The lowest BCUT2D eigenvalue weighted by Crippen LogP contribution is -2.59. The van der Waals surface area contributed by atoms with E-state index in [0.29, 0.717) is 12.6 Å². The standard InChI is InChI=1S/C18H35N3O2/c1-13-7-6-8-16(9-13)20-17(22)19-12-18(4,5)21-10-14(2)23-15(3)11-21/h13-16H,6-12H2,1-5H3,(H2,19,20,22). The maximum absolute atomic E-state index is 12.2. The van der Waals surface area contributed by atoms with E-state index in [1.54, 1.807) is 0 Å². The van der Waals surface area contributed by atoms with E-state index < -0.39 is 0 Å². The largest absolute Gasteiger partial charge is 0.373 e. The SMILES string of the molecule is CC1CCCC(NC(=O)NCC(C)(C)N2CC(C)OC(C)C2)C1. The fraction of sp³-hybridized carbons (Fsp3) is 0.944. The minimum atomic E-state index is -0.0660. The highest BCUT2D eigenvalue weighted by molar-refractivity contribution is 5.74. The number of carbonyl (C=O) groups excluding carboxylic acids is 1. The Balaban J connectivity index is 1.77. The highest BCUT2D eigenvalue weighted by Crippen LogP contribution is 2.23. The van der Waals surface area contributed by atoms with Crippen LogP contribution >= 0.6 is 0 Å². The quantitative estimate of drug-likeness (QED) is 0.836. The van der Waals surface area contributed by atoms with Crippen molar-refractivity contribution in [2.24, 2.45) is 5.92 Å². The molecule has 1 saturated heterocycles. The fourth-order valence-electron chi connectivity index (χ4n) is 3.88. The molecule has 2 fully saturated rings. The van der Waals surface area contributed by atoms with Crippen LogP contribution in [-0.2, 0) is 4.74 Å². The van der Waals surface area contributed by atoms with Crippen molar-refractivity contribution in [2.45, 2.75) is 84.1 Å². The van der Waals surface area contributed by atoms with E-state index in [4.69, 9.17) is 4.74 Å². The first-order valence-electron chi connectivity index (χ1n) is 9.21. The Morgan fingerprint density at radius 2 is 1.83 bits per heavy atom. The van der Waals surface area contributed by atoms with Crippen LogP contribution in [0.4, 0.5) is 4.79 Å². The summed E-state index contributed by atoms with van der Waals surface area (Å²) < 4.78 is 5.81. The molecular weight excluding hydrogens is 290 g/mol. The normalized spacial score (nSPS) is 33.3. The molecule has 1 saturated carbocycles. The highest BCUT2D eigenvalue weighted by Gasteiger charge is 2.33. The second-order valence-corrected chi connectivity index (χ2v) is 8.27. The van der Waals surface area contributed by atoms with Crippen LogP contribution in [0.5, 0.6) is 0 Å². The summed E-state index contributed by atoms with van der Waals surface area (Å²) >= 11 is 0. The van der Waals surface area contributed by atoms with Gasteiger partial charge in [0.05, 0.1) is 12.2 Å². The lowest BCUT2D eigenvalue weighted by atomic mass is 9.87. The molecule has 4 atom stereocenters. The monoisotopic (exact) mass is 325 g/mol. The van der Waals surface area contributed by atoms with Crippen molar-refractivity contribution in [2.75, 3.05) is 19.6 Å². The van der Waals surface area contributed by atoms with Crippen molar-refractivity contribution in [3.8, 4) is 0 Å². The van der Waals surface area contributed by atoms with Gasteiger partial charge in [-0.2, -0.15) is 0 Å². The number of carbonyl (C=O) groups is 1. The molecule has 0 aromatic rings. The van der Waals surface area contributed by atoms with E-state index >= 15 is 0 Å². The Morgan fingerprint density at radius 1 is 1.17 bits per heavy atom. The van der Waals surface area contributed by atoms with Gasteiger partial charge in [0.1, 0.15) is 0 Å². The topological polar surface area (TPSA) is 53.6 Å². The molecule has 1 heterocycles. The van der Waals surface area contributed by atoms with Gasteiger partial charge in [-0.1, -0.05) is 19.8 Å². The number of hydrogen-bond acceptors (Lipinski definition) is 3. The molecule has 1 aliphatic heterocycles. The Kier molecular flexibility index (Phi) is 6.32. The van der Waals surface area contributed by atoms with Gasteiger partial charge in [0.25, 0.3) is 0 Å². The maximum atomic E-state index is 12.2. The van der Waals surface area contributed by atoms with Gasteiger partial charge >= 0.3 is 6.03 Å². The first kappa shape index (κ1) is 18.5. The summed E-state index contributed by atoms with van der Waals surface area (Å²) in [6.45, 7) is 13.4. The van der Waals surface area contributed by atoms with Crippen LogP contribution in [0.15, 0.2) is 0 Å². The first-order chi connectivity index (χ1) is 10.8. The van der Waals surface area contributed by atoms with Gasteiger partial charge in [-0.15, -0.1) is 0 Å². The second kappa shape index (κ2) is 7.84. The summed E-state index contributed by atoms with van der Waals surface area (Å²) in [6.07, 6.45) is 5.22. The molecule has 0 radical (unpaired) electrons. The smallest absolute Gasteiger partial charge is 0.315 e. The molecule has 5 nitrogen and oxygen atoms in total. The van der Waals surface area contributed by atoms with E-state index in [-0.39, 0.29) is 23.8 Å². The molecule has 134 valence electrons. The molecule has 1 aliphatic carbocycles. The molecule has 0 aromatic carbocycles. The summed E-state index contributed by atoms with van der Waals surface area (Å²) in [4.78, 5) is 14.6. The summed E-state index contributed by atoms with van der Waals surface area (Å²) in [6, 6.07) is 0.317. The molecule has 2 N–H and O–H groups in total. The lowest BCUT2D eigenvalue weighted by Gasteiger charge is -2.45. The van der Waals surface area contributed by atoms with Crippen LogP contribution in [0.1, 0.15) is 60.3 Å². The van der Waals surface area contributed by atoms with Gasteiger partial charge in [-0.3, -0.25) is 4.90 Å². The highest BCUT2D eigenvalue weighted by atomic mass is 16.5. The minimum absolute atomic E-state index is 0.0217. The molecule has 23 heavy (non-hydrogen) atoms. The molecule has 2 rings (SSSR count). The molecule has 5 heteroatoms. The van der Waals surface area contributed by atoms with E-state index in [0.717, 1.165) is 31.8 Å². The van der Waals surface area contributed by atoms with Crippen LogP contribution in [0, 0.1) is 5.92 Å². The summed E-state index contributed by atoms with van der Waals surface area (Å²) in [5.74, 6) is 0.724. The van der Waals surface area contributed by atoms with Gasteiger partial charge in [0.15, 0.2) is 0 Å². The second-order valence-electron chi connectivity index (χ2n) is 8.27. The zero-order valence-corrected chi connectivity index (χ0v) is 15.5. The first-order valence-corrected chi connectivity index (χ1v) is 9.21. The molecule has 2 aliphatic rings. The number of amides is 2. The zero-order chi connectivity index (χ0) is 17.0. The maximum Gasteiger partial charge on any atom is 0.315 e. The van der Waals surface area contributed by atoms with Crippen LogP contribution in [0.2, 0.25) is 0 Å². The molecule has 0 spiro atoms. The van der Waals surface area contributed by atoms with E-state index in [9.17, 15) is 4.79 Å². The summed E-state index contributed by atoms with van der Waals surface area (Å²) in [5, 5.41) is 6.23. The van der Waals surface area contributed by atoms with Crippen molar-refractivity contribution >= 4 is 6.03 Å². The number of hydrogen-bond donors (Lipinski definition) is 2. The lowest BCUT2D eigenvalue weighted by molar-refractivity contribution is -0.0947. The molecule has 2 amide bonds. The number of morpholine rings is 1. The van der Waals surface area contributed by atoms with Gasteiger partial charge in [-0.25, -0.2) is 4.79 Å². The fourth-order valence-corrected chi connectivity index (χ4v) is 3.88. The van der Waals surface area contributed by atoms with Crippen molar-refractivity contribution in [1.29, 1.82) is 0 Å². The van der Waals surface area contributed by atoms with Crippen molar-refractivity contribution in [3.63, 3.8) is 0 Å². The predicted octanol–water partition coefficient (Wildman–Crippen LogP) is 2.75. The van der Waals surface area contributed by atoms with Gasteiger partial charge in [0.2, 0.25) is 0 Å². The van der Waals surface area contributed by atoms with Crippen molar-refractivity contribution < 1.29 is 9.53 Å². The van der Waals surface area contributed by atoms with Crippen LogP contribution in [0.25, 0.3) is 0 Å². The van der Waals surface area contributed by atoms with E-state index in [2.05, 4.69) is 50.2 Å². The van der Waals surface area contributed by atoms with E-state index in [1.807, 2.05) is 0 Å². The average Bonchev–Trinajstić information content (AvgIpc) is 2.44. The van der Waals surface area contributed by atoms with Crippen LogP contribution in [0.3, 0.4) is 0 Å². The Labute approximate surface area is 141 Å². The number of nitrogens with one attached hydrogen (secondary N) is 2. The number of urea groups is 1.